The van der Waals surface area contributed by atoms with Crippen LogP contribution in [-0.4, -0.2) is 14.3 Å². The second-order valence-electron chi connectivity index (χ2n) is 5.19. The zero-order valence-electron chi connectivity index (χ0n) is 9.52. The zero-order valence-corrected chi connectivity index (χ0v) is 9.52. The summed E-state index contributed by atoms with van der Waals surface area (Å²) in [6, 6.07) is 0. The first-order valence-corrected chi connectivity index (χ1v) is 5.03. The number of hydrogen-bond donors (Lipinski definition) is 0. The van der Waals surface area contributed by atoms with Gasteiger partial charge in [-0.05, 0) is 5.92 Å². The van der Waals surface area contributed by atoms with Gasteiger partial charge in [0.1, 0.15) is 0 Å². The predicted octanol–water partition coefficient (Wildman–Crippen LogP) is 3.38. The van der Waals surface area contributed by atoms with Crippen LogP contribution in [0.3, 0.4) is 0 Å². The van der Waals surface area contributed by atoms with Crippen LogP contribution in [-0.2, 0) is 0 Å². The van der Waals surface area contributed by atoms with Crippen molar-refractivity contribution in [2.45, 2.75) is 59.1 Å². The number of hydrogen-bond acceptors (Lipinski definition) is 0. The third-order valence-electron chi connectivity index (χ3n) is 1.87. The summed E-state index contributed by atoms with van der Waals surface area (Å²) in [5, 5.41) is 0.373. The smallest absolute Gasteiger partial charge is 0.0734 e. The molecular weight excluding hydrogens is 142 g/mol. The van der Waals surface area contributed by atoms with E-state index in [1.54, 1.807) is 0 Å². The van der Waals surface area contributed by atoms with Crippen LogP contribution in [0.4, 0.5) is 0 Å². The minimum absolute atomic E-state index is 0.373. The molecule has 0 fully saturated rings. The highest BCUT2D eigenvalue weighted by Crippen LogP contribution is 2.31. The fourth-order valence-corrected chi connectivity index (χ4v) is 1.57. The summed E-state index contributed by atoms with van der Waals surface area (Å²) in [5.41, 5.74) is 0. The van der Waals surface area contributed by atoms with Crippen molar-refractivity contribution in [1.29, 1.82) is 0 Å². The molecule has 2 heteroatoms. The van der Waals surface area contributed by atoms with Gasteiger partial charge in [-0.25, -0.2) is 0 Å². The van der Waals surface area contributed by atoms with E-state index in [0.29, 0.717) is 11.1 Å². The second-order valence-corrected chi connectivity index (χ2v) is 5.19. The van der Waals surface area contributed by atoms with E-state index in [9.17, 15) is 0 Å². The van der Waals surface area contributed by atoms with Crippen LogP contribution in [0.2, 0.25) is 11.1 Å². The Hall–Kier alpha value is 0.130. The van der Waals surface area contributed by atoms with Gasteiger partial charge in [-0.15, -0.1) is 0 Å². The molecule has 0 rings (SSSR count). The Morgan fingerprint density at radius 2 is 1.58 bits per heavy atom. The summed E-state index contributed by atoms with van der Waals surface area (Å²) in [5.74, 6) is 1.47. The first-order chi connectivity index (χ1) is 5.33. The fourth-order valence-electron chi connectivity index (χ4n) is 1.57. The van der Waals surface area contributed by atoms with Gasteiger partial charge in [0.15, 0.2) is 0 Å². The van der Waals surface area contributed by atoms with Crippen molar-refractivity contribution >= 4 is 14.3 Å². The average molecular weight is 164 g/mol. The molecule has 2 radical (unpaired) electrons. The van der Waals surface area contributed by atoms with Crippen LogP contribution < -0.4 is 0 Å². The van der Waals surface area contributed by atoms with Crippen LogP contribution in [0.1, 0.15) is 48.0 Å². The lowest BCUT2D eigenvalue weighted by Crippen LogP contribution is -2.22. The quantitative estimate of drug-likeness (QED) is 0.546. The Balaban J connectivity index is 3.71. The van der Waals surface area contributed by atoms with Gasteiger partial charge >= 0.3 is 0 Å². The molecule has 0 nitrogen and oxygen atoms in total. The molecular formula is C10H22B2. The van der Waals surface area contributed by atoms with Crippen LogP contribution in [0.5, 0.6) is 0 Å². The molecule has 12 heavy (non-hydrogen) atoms. The summed E-state index contributed by atoms with van der Waals surface area (Å²) in [6.45, 7) is 13.6. The Labute approximate surface area is 80.0 Å². The molecule has 0 aliphatic carbocycles. The SMILES string of the molecule is CC(C)[B][B]C(C)(C)CC(C)C. The highest BCUT2D eigenvalue weighted by Gasteiger charge is 2.20. The van der Waals surface area contributed by atoms with Gasteiger partial charge in [0, 0.05) is 0 Å². The zero-order chi connectivity index (χ0) is 9.78. The highest BCUT2D eigenvalue weighted by molar-refractivity contribution is 7.02. The Kier molecular flexibility index (Phi) is 5.04. The third kappa shape index (κ3) is 6.82. The first-order valence-electron chi connectivity index (χ1n) is 5.03. The molecule has 0 aliphatic rings. The molecule has 0 aliphatic heterocycles. The molecule has 0 amide bonds. The van der Waals surface area contributed by atoms with Gasteiger partial charge in [0.25, 0.3) is 0 Å². The van der Waals surface area contributed by atoms with Gasteiger partial charge < -0.3 is 0 Å². The molecule has 0 saturated heterocycles. The van der Waals surface area contributed by atoms with E-state index in [1.807, 2.05) is 0 Å². The van der Waals surface area contributed by atoms with Gasteiger partial charge in [-0.2, -0.15) is 0 Å². The van der Waals surface area contributed by atoms with Crippen molar-refractivity contribution in [1.82, 2.24) is 0 Å². The normalized spacial score (nSPS) is 12.3. The summed E-state index contributed by atoms with van der Waals surface area (Å²) in [7, 11) is 4.67. The van der Waals surface area contributed by atoms with Gasteiger partial charge in [0.05, 0.1) is 14.3 Å². The maximum Gasteiger partial charge on any atom is 0.0734 e. The van der Waals surface area contributed by atoms with Crippen molar-refractivity contribution in [2.24, 2.45) is 5.92 Å². The second kappa shape index (κ2) is 4.99. The van der Waals surface area contributed by atoms with E-state index in [-0.39, 0.29) is 0 Å². The Morgan fingerprint density at radius 3 is 1.92 bits per heavy atom. The Bertz CT molecular complexity index is 117. The predicted molar refractivity (Wildman–Crippen MR) is 60.1 cm³/mol. The van der Waals surface area contributed by atoms with Gasteiger partial charge in [-0.3, -0.25) is 0 Å². The van der Waals surface area contributed by atoms with E-state index in [0.717, 1.165) is 5.92 Å². The average Bonchev–Trinajstić information content (AvgIpc) is 1.81. The van der Waals surface area contributed by atoms with Gasteiger partial charge in [-0.1, -0.05) is 59.1 Å². The standard InChI is InChI=1S/C10H22B2/c1-8(2)7-10(5,6)12-11-9(3)4/h8-9H,7H2,1-6H3. The molecule has 0 N–H and O–H groups in total. The van der Waals surface area contributed by atoms with E-state index in [2.05, 4.69) is 55.9 Å². The summed E-state index contributed by atoms with van der Waals surface area (Å²) < 4.78 is 0. The van der Waals surface area contributed by atoms with Crippen LogP contribution >= 0.6 is 0 Å². The van der Waals surface area contributed by atoms with E-state index in [1.165, 1.54) is 6.42 Å². The third-order valence-corrected chi connectivity index (χ3v) is 1.87. The monoisotopic (exact) mass is 164 g/mol. The lowest BCUT2D eigenvalue weighted by atomic mass is 9.25. The maximum absolute atomic E-state index is 2.36. The molecule has 68 valence electrons. The molecule has 0 aromatic carbocycles. The summed E-state index contributed by atoms with van der Waals surface area (Å²) in [4.78, 5) is 0. The molecule has 0 atom stereocenters. The Morgan fingerprint density at radius 1 is 1.08 bits per heavy atom. The topological polar surface area (TPSA) is 0 Å². The fraction of sp³-hybridized carbons (Fsp3) is 1.00. The minimum Gasteiger partial charge on any atom is -0.0829 e. The first kappa shape index (κ1) is 12.1. The molecule has 0 heterocycles. The lowest BCUT2D eigenvalue weighted by molar-refractivity contribution is 0.484. The molecule has 0 spiro atoms. The van der Waals surface area contributed by atoms with E-state index >= 15 is 0 Å². The van der Waals surface area contributed by atoms with E-state index in [4.69, 9.17) is 0 Å². The summed E-state index contributed by atoms with van der Waals surface area (Å²) >= 11 is 0. The maximum atomic E-state index is 2.36. The lowest BCUT2D eigenvalue weighted by Gasteiger charge is -2.26. The number of rotatable bonds is 5. The minimum atomic E-state index is 0.373. The molecule has 0 aromatic heterocycles. The molecule has 0 unspecified atom stereocenters. The van der Waals surface area contributed by atoms with E-state index < -0.39 is 0 Å². The van der Waals surface area contributed by atoms with Crippen molar-refractivity contribution < 1.29 is 0 Å². The van der Waals surface area contributed by atoms with Crippen LogP contribution in [0.25, 0.3) is 0 Å². The van der Waals surface area contributed by atoms with Crippen molar-refractivity contribution in [2.75, 3.05) is 0 Å². The van der Waals surface area contributed by atoms with Crippen molar-refractivity contribution in [3.05, 3.63) is 0 Å². The largest absolute Gasteiger partial charge is 0.0829 e. The highest BCUT2D eigenvalue weighted by atomic mass is 14.1. The molecule has 0 bridgehead atoms. The molecule has 0 saturated carbocycles. The van der Waals surface area contributed by atoms with Crippen molar-refractivity contribution in [3.8, 4) is 0 Å². The van der Waals surface area contributed by atoms with Crippen molar-refractivity contribution in [3.63, 3.8) is 0 Å². The van der Waals surface area contributed by atoms with Gasteiger partial charge in [0.2, 0.25) is 0 Å². The van der Waals surface area contributed by atoms with Crippen LogP contribution in [0, 0.1) is 5.92 Å². The molecule has 0 aromatic rings. The van der Waals surface area contributed by atoms with Crippen LogP contribution in [0.15, 0.2) is 0 Å². The summed E-state index contributed by atoms with van der Waals surface area (Å²) in [6.07, 6.45) is 1.27.